The average molecular weight is 273 g/mol. The molecule has 1 rings (SSSR count). The minimum absolute atomic E-state index is 0.0678. The summed E-state index contributed by atoms with van der Waals surface area (Å²) in [7, 11) is -0.865. The van der Waals surface area contributed by atoms with Crippen molar-refractivity contribution in [3.63, 3.8) is 0 Å². The molecule has 3 N–H and O–H groups in total. The number of carbonyl (C=O) groups is 1. The highest BCUT2D eigenvalue weighted by atomic mass is 32.2. The number of rotatable bonds is 7. The molecule has 1 heterocycles. The van der Waals surface area contributed by atoms with E-state index in [1.54, 1.807) is 12.5 Å². The van der Waals surface area contributed by atoms with Crippen molar-refractivity contribution in [2.75, 3.05) is 19.3 Å². The second-order valence-electron chi connectivity index (χ2n) is 4.01. The van der Waals surface area contributed by atoms with Gasteiger partial charge in [0.25, 0.3) is 5.91 Å². The second-order valence-corrected chi connectivity index (χ2v) is 5.81. The average Bonchev–Trinajstić information content (AvgIpc) is 2.77. The van der Waals surface area contributed by atoms with Crippen LogP contribution in [0, 0.1) is 0 Å². The summed E-state index contributed by atoms with van der Waals surface area (Å²) in [5.74, 6) is -0.271. The van der Waals surface area contributed by atoms with E-state index in [0.29, 0.717) is 26.1 Å². The van der Waals surface area contributed by atoms with E-state index < -0.39 is 10.8 Å². The van der Waals surface area contributed by atoms with Gasteiger partial charge in [0.05, 0.1) is 12.7 Å². The van der Waals surface area contributed by atoms with Gasteiger partial charge in [-0.25, -0.2) is 0 Å². The van der Waals surface area contributed by atoms with E-state index in [-0.39, 0.29) is 16.9 Å². The van der Waals surface area contributed by atoms with Gasteiger partial charge in [0, 0.05) is 35.4 Å². The third kappa shape index (κ3) is 4.53. The van der Waals surface area contributed by atoms with Crippen molar-refractivity contribution in [2.24, 2.45) is 5.73 Å². The standard InChI is InChI=1S/C10H19N5O2S/c1-8(18(2)17)3-5-12-10(16)9-7-15(6-4-11)14-13-9/h7-8H,3-6,11H2,1-2H3,(H,12,16). The maximum absolute atomic E-state index is 11.7. The van der Waals surface area contributed by atoms with E-state index in [9.17, 15) is 9.00 Å². The molecule has 0 bridgehead atoms. The normalized spacial score (nSPS) is 14.2. The quantitative estimate of drug-likeness (QED) is 0.672. The first-order chi connectivity index (χ1) is 8.54. The van der Waals surface area contributed by atoms with Crippen LogP contribution in [0.4, 0.5) is 0 Å². The molecule has 18 heavy (non-hydrogen) atoms. The summed E-state index contributed by atoms with van der Waals surface area (Å²) < 4.78 is 12.7. The van der Waals surface area contributed by atoms with Crippen LogP contribution in [0.25, 0.3) is 0 Å². The number of hydrogen-bond acceptors (Lipinski definition) is 5. The van der Waals surface area contributed by atoms with E-state index in [1.165, 1.54) is 4.68 Å². The Bertz CT molecular complexity index is 420. The molecule has 0 radical (unpaired) electrons. The van der Waals surface area contributed by atoms with Crippen LogP contribution in [0.2, 0.25) is 0 Å². The maximum atomic E-state index is 11.7. The molecular weight excluding hydrogens is 254 g/mol. The molecule has 2 atom stereocenters. The summed E-state index contributed by atoms with van der Waals surface area (Å²) in [6.07, 6.45) is 3.89. The zero-order valence-corrected chi connectivity index (χ0v) is 11.4. The molecule has 1 amide bonds. The Balaban J connectivity index is 2.38. The van der Waals surface area contributed by atoms with Gasteiger partial charge >= 0.3 is 0 Å². The Labute approximate surface area is 109 Å². The number of hydrogen-bond donors (Lipinski definition) is 2. The molecule has 0 saturated heterocycles. The lowest BCUT2D eigenvalue weighted by molar-refractivity contribution is 0.0948. The van der Waals surface area contributed by atoms with Gasteiger partial charge in [-0.15, -0.1) is 5.10 Å². The Morgan fingerprint density at radius 3 is 3.00 bits per heavy atom. The van der Waals surface area contributed by atoms with Crippen molar-refractivity contribution >= 4 is 16.7 Å². The molecular formula is C10H19N5O2S. The van der Waals surface area contributed by atoms with E-state index in [1.807, 2.05) is 6.92 Å². The van der Waals surface area contributed by atoms with Crippen LogP contribution in [0.5, 0.6) is 0 Å². The number of carbonyl (C=O) groups excluding carboxylic acids is 1. The molecule has 0 spiro atoms. The minimum atomic E-state index is -0.865. The number of nitrogens with zero attached hydrogens (tertiary/aromatic N) is 3. The lowest BCUT2D eigenvalue weighted by Crippen LogP contribution is -2.27. The number of nitrogens with one attached hydrogen (secondary N) is 1. The Morgan fingerprint density at radius 1 is 1.67 bits per heavy atom. The largest absolute Gasteiger partial charge is 0.351 e. The molecule has 0 aliphatic heterocycles. The highest BCUT2D eigenvalue weighted by Crippen LogP contribution is 1.98. The predicted molar refractivity (Wildman–Crippen MR) is 69.6 cm³/mol. The fourth-order valence-corrected chi connectivity index (χ4v) is 1.74. The summed E-state index contributed by atoms with van der Waals surface area (Å²) in [4.78, 5) is 11.7. The third-order valence-electron chi connectivity index (χ3n) is 2.53. The van der Waals surface area contributed by atoms with Gasteiger partial charge < -0.3 is 11.1 Å². The minimum Gasteiger partial charge on any atom is -0.351 e. The summed E-state index contributed by atoms with van der Waals surface area (Å²) in [5, 5.41) is 10.3. The van der Waals surface area contributed by atoms with Gasteiger partial charge in [-0.1, -0.05) is 12.1 Å². The number of nitrogens with two attached hydrogens (primary N) is 1. The lowest BCUT2D eigenvalue weighted by atomic mass is 10.3. The van der Waals surface area contributed by atoms with Crippen LogP contribution >= 0.6 is 0 Å². The van der Waals surface area contributed by atoms with E-state index >= 15 is 0 Å². The molecule has 0 aliphatic carbocycles. The first kappa shape index (κ1) is 14.8. The molecule has 8 heteroatoms. The first-order valence-electron chi connectivity index (χ1n) is 5.75. The Hall–Kier alpha value is -1.28. The molecule has 1 aromatic heterocycles. The molecule has 7 nitrogen and oxygen atoms in total. The van der Waals surface area contributed by atoms with E-state index in [4.69, 9.17) is 5.73 Å². The smallest absolute Gasteiger partial charge is 0.273 e. The summed E-state index contributed by atoms with van der Waals surface area (Å²) in [5.41, 5.74) is 5.64. The van der Waals surface area contributed by atoms with Crippen molar-refractivity contribution in [1.82, 2.24) is 20.3 Å². The number of aromatic nitrogens is 3. The molecule has 0 aromatic carbocycles. The van der Waals surface area contributed by atoms with E-state index in [2.05, 4.69) is 15.6 Å². The van der Waals surface area contributed by atoms with Crippen molar-refractivity contribution in [3.8, 4) is 0 Å². The Kier molecular flexibility index (Phi) is 5.93. The van der Waals surface area contributed by atoms with Crippen LogP contribution in [0.15, 0.2) is 6.20 Å². The van der Waals surface area contributed by atoms with Crippen molar-refractivity contribution in [3.05, 3.63) is 11.9 Å². The van der Waals surface area contributed by atoms with Crippen LogP contribution in [-0.4, -0.2) is 49.7 Å². The third-order valence-corrected chi connectivity index (χ3v) is 3.90. The molecule has 0 saturated carbocycles. The summed E-state index contributed by atoms with van der Waals surface area (Å²) >= 11 is 0. The highest BCUT2D eigenvalue weighted by Gasteiger charge is 2.11. The second kappa shape index (κ2) is 7.22. The van der Waals surface area contributed by atoms with Crippen LogP contribution in [-0.2, 0) is 17.3 Å². The van der Waals surface area contributed by atoms with Crippen LogP contribution < -0.4 is 11.1 Å². The van der Waals surface area contributed by atoms with Gasteiger partial charge in [-0.05, 0) is 6.42 Å². The van der Waals surface area contributed by atoms with Gasteiger partial charge in [0.15, 0.2) is 5.69 Å². The molecule has 0 fully saturated rings. The van der Waals surface area contributed by atoms with Gasteiger partial charge in [0.2, 0.25) is 0 Å². The zero-order valence-electron chi connectivity index (χ0n) is 10.6. The van der Waals surface area contributed by atoms with Crippen molar-refractivity contribution in [1.29, 1.82) is 0 Å². The van der Waals surface area contributed by atoms with Crippen molar-refractivity contribution in [2.45, 2.75) is 25.1 Å². The Morgan fingerprint density at radius 2 is 2.39 bits per heavy atom. The monoisotopic (exact) mass is 273 g/mol. The fourth-order valence-electron chi connectivity index (χ4n) is 1.29. The SMILES string of the molecule is CC(CCNC(=O)c1cn(CCN)nn1)S(C)=O. The zero-order chi connectivity index (χ0) is 13.5. The predicted octanol–water partition coefficient (Wildman–Crippen LogP) is -0.876. The lowest BCUT2D eigenvalue weighted by Gasteiger charge is -2.07. The van der Waals surface area contributed by atoms with Crippen LogP contribution in [0.3, 0.4) is 0 Å². The number of amides is 1. The topological polar surface area (TPSA) is 103 Å². The van der Waals surface area contributed by atoms with Gasteiger partial charge in [0.1, 0.15) is 0 Å². The van der Waals surface area contributed by atoms with E-state index in [0.717, 1.165) is 0 Å². The highest BCUT2D eigenvalue weighted by molar-refractivity contribution is 7.84. The van der Waals surface area contributed by atoms with Crippen LogP contribution in [0.1, 0.15) is 23.8 Å². The maximum Gasteiger partial charge on any atom is 0.273 e. The summed E-state index contributed by atoms with van der Waals surface area (Å²) in [6, 6.07) is 0. The fraction of sp³-hybridized carbons (Fsp3) is 0.700. The molecule has 2 unspecified atom stereocenters. The van der Waals surface area contributed by atoms with Crippen molar-refractivity contribution < 1.29 is 9.00 Å². The summed E-state index contributed by atoms with van der Waals surface area (Å²) in [6.45, 7) is 3.35. The van der Waals surface area contributed by atoms with Gasteiger partial charge in [-0.3, -0.25) is 13.7 Å². The molecule has 0 aliphatic rings. The molecule has 102 valence electrons. The van der Waals surface area contributed by atoms with Gasteiger partial charge in [-0.2, -0.15) is 0 Å². The molecule has 1 aromatic rings. The first-order valence-corrected chi connectivity index (χ1v) is 7.37.